The Bertz CT molecular complexity index is 1130. The molecule has 4 rings (SSSR count). The van der Waals surface area contributed by atoms with E-state index in [1.54, 1.807) is 0 Å². The summed E-state index contributed by atoms with van der Waals surface area (Å²) in [5.41, 5.74) is 8.48. The maximum absolute atomic E-state index is 14.1. The highest BCUT2D eigenvalue weighted by Crippen LogP contribution is 2.42. The van der Waals surface area contributed by atoms with Crippen LogP contribution in [0.5, 0.6) is 5.75 Å². The molecule has 1 unspecified atom stereocenters. The molecule has 166 valence electrons. The van der Waals surface area contributed by atoms with Crippen LogP contribution in [0.15, 0.2) is 54.6 Å². The van der Waals surface area contributed by atoms with Crippen molar-refractivity contribution in [1.82, 2.24) is 0 Å². The third-order valence-electron chi connectivity index (χ3n) is 6.52. The molecule has 1 aliphatic heterocycles. The van der Waals surface area contributed by atoms with Gasteiger partial charge in [-0.25, -0.2) is 0 Å². The lowest BCUT2D eigenvalue weighted by Gasteiger charge is -2.25. The van der Waals surface area contributed by atoms with Gasteiger partial charge >= 0.3 is 0 Å². The molecule has 1 amide bonds. The van der Waals surface area contributed by atoms with Gasteiger partial charge in [-0.3, -0.25) is 4.79 Å². The van der Waals surface area contributed by atoms with E-state index in [0.29, 0.717) is 18.4 Å². The van der Waals surface area contributed by atoms with E-state index >= 15 is 0 Å². The highest BCUT2D eigenvalue weighted by atomic mass is 16.5. The van der Waals surface area contributed by atoms with Crippen LogP contribution in [0.25, 0.3) is 0 Å². The molecular weight excluding hydrogens is 394 g/mol. The first-order valence-corrected chi connectivity index (χ1v) is 11.5. The molecule has 32 heavy (non-hydrogen) atoms. The third kappa shape index (κ3) is 3.92. The highest BCUT2D eigenvalue weighted by Gasteiger charge is 2.33. The van der Waals surface area contributed by atoms with Crippen molar-refractivity contribution in [2.45, 2.75) is 65.9 Å². The molecule has 0 saturated heterocycles. The smallest absolute Gasteiger partial charge is 0.236 e. The van der Waals surface area contributed by atoms with Crippen LogP contribution in [-0.2, 0) is 11.4 Å². The molecule has 3 aromatic carbocycles. The number of benzene rings is 3. The van der Waals surface area contributed by atoms with Gasteiger partial charge in [-0.05, 0) is 59.1 Å². The summed E-state index contributed by atoms with van der Waals surface area (Å²) < 4.78 is 6.26. The summed E-state index contributed by atoms with van der Waals surface area (Å²) in [6.07, 6.45) is 0. The van der Waals surface area contributed by atoms with Crippen LogP contribution in [0.2, 0.25) is 0 Å². The Hall–Kier alpha value is -3.07. The van der Waals surface area contributed by atoms with Crippen LogP contribution < -0.4 is 10.1 Å². The molecule has 0 spiro atoms. The standard InChI is InChI=1S/C29H33NO2/c1-17(2)22-12-9-13-23(18(3)4)27(22)30-29(31)26-24-11-8-7-10-21(24)16-32-28-20(6)15-14-19(5)25(26)28/h7-15,17-18,26H,16H2,1-6H3,(H,30,31). The van der Waals surface area contributed by atoms with E-state index in [-0.39, 0.29) is 5.91 Å². The Balaban J connectivity index is 1.88. The molecule has 1 N–H and O–H groups in total. The summed E-state index contributed by atoms with van der Waals surface area (Å²) in [6, 6.07) is 18.7. The number of fused-ring (bicyclic) bond motifs is 2. The first-order chi connectivity index (χ1) is 15.3. The molecule has 0 radical (unpaired) electrons. The minimum atomic E-state index is -0.427. The summed E-state index contributed by atoms with van der Waals surface area (Å²) in [5, 5.41) is 3.37. The molecule has 3 nitrogen and oxygen atoms in total. The van der Waals surface area contributed by atoms with E-state index in [0.717, 1.165) is 39.3 Å². The van der Waals surface area contributed by atoms with Crippen LogP contribution in [0.4, 0.5) is 5.69 Å². The summed E-state index contributed by atoms with van der Waals surface area (Å²) >= 11 is 0. The van der Waals surface area contributed by atoms with E-state index in [9.17, 15) is 4.79 Å². The number of hydrogen-bond donors (Lipinski definition) is 1. The van der Waals surface area contributed by atoms with E-state index < -0.39 is 5.92 Å². The molecule has 0 bridgehead atoms. The van der Waals surface area contributed by atoms with Crippen molar-refractivity contribution in [3.05, 3.63) is 93.5 Å². The maximum atomic E-state index is 14.1. The SMILES string of the molecule is Cc1ccc(C)c2c1OCc1ccccc1C2C(=O)Nc1c(C(C)C)cccc1C(C)C. The summed E-state index contributed by atoms with van der Waals surface area (Å²) in [7, 11) is 0. The zero-order valence-electron chi connectivity index (χ0n) is 20.0. The average Bonchev–Trinajstić information content (AvgIpc) is 2.94. The first kappa shape index (κ1) is 22.1. The van der Waals surface area contributed by atoms with Crippen molar-refractivity contribution < 1.29 is 9.53 Å². The van der Waals surface area contributed by atoms with Crippen molar-refractivity contribution in [3.8, 4) is 5.75 Å². The summed E-state index contributed by atoms with van der Waals surface area (Å²) in [5.74, 6) is 1.02. The Morgan fingerprint density at radius 1 is 0.875 bits per heavy atom. The largest absolute Gasteiger partial charge is 0.488 e. The first-order valence-electron chi connectivity index (χ1n) is 11.5. The van der Waals surface area contributed by atoms with E-state index in [4.69, 9.17) is 4.74 Å². The summed E-state index contributed by atoms with van der Waals surface area (Å²) in [4.78, 5) is 14.1. The fourth-order valence-corrected chi connectivity index (χ4v) is 4.77. The lowest BCUT2D eigenvalue weighted by molar-refractivity contribution is -0.116. The number of ether oxygens (including phenoxy) is 1. The number of carbonyl (C=O) groups excluding carboxylic acids is 1. The Morgan fingerprint density at radius 2 is 1.50 bits per heavy atom. The molecule has 1 aliphatic rings. The van der Waals surface area contributed by atoms with E-state index in [2.05, 4.69) is 82.4 Å². The van der Waals surface area contributed by atoms with Gasteiger partial charge in [-0.2, -0.15) is 0 Å². The van der Waals surface area contributed by atoms with Crippen LogP contribution in [0, 0.1) is 13.8 Å². The Kier molecular flexibility index (Phi) is 6.10. The highest BCUT2D eigenvalue weighted by molar-refractivity contribution is 6.00. The van der Waals surface area contributed by atoms with Gasteiger partial charge in [0.15, 0.2) is 0 Å². The van der Waals surface area contributed by atoms with Crippen molar-refractivity contribution in [2.24, 2.45) is 0 Å². The minimum absolute atomic E-state index is 0.00657. The molecular formula is C29H33NO2. The second-order valence-electron chi connectivity index (χ2n) is 9.47. The quantitative estimate of drug-likeness (QED) is 0.477. The normalized spacial score (nSPS) is 15.1. The average molecular weight is 428 g/mol. The number of hydrogen-bond acceptors (Lipinski definition) is 2. The fourth-order valence-electron chi connectivity index (χ4n) is 4.77. The van der Waals surface area contributed by atoms with Gasteiger partial charge in [0.2, 0.25) is 5.91 Å². The second kappa shape index (κ2) is 8.82. The number of anilines is 1. The molecule has 0 fully saturated rings. The van der Waals surface area contributed by atoms with Gasteiger partial charge < -0.3 is 10.1 Å². The van der Waals surface area contributed by atoms with Crippen LogP contribution in [0.3, 0.4) is 0 Å². The second-order valence-corrected chi connectivity index (χ2v) is 9.47. The van der Waals surface area contributed by atoms with Gasteiger partial charge in [-0.1, -0.05) is 82.3 Å². The predicted octanol–water partition coefficient (Wildman–Crippen LogP) is 7.21. The number of nitrogens with one attached hydrogen (secondary N) is 1. The molecule has 0 saturated carbocycles. The van der Waals surface area contributed by atoms with Gasteiger partial charge in [0.25, 0.3) is 0 Å². The zero-order valence-corrected chi connectivity index (χ0v) is 20.0. The van der Waals surface area contributed by atoms with Crippen LogP contribution in [-0.4, -0.2) is 5.91 Å². The van der Waals surface area contributed by atoms with Crippen LogP contribution >= 0.6 is 0 Å². The zero-order chi connectivity index (χ0) is 23.0. The third-order valence-corrected chi connectivity index (χ3v) is 6.52. The number of para-hydroxylation sites is 1. The number of amides is 1. The molecule has 1 atom stereocenters. The van der Waals surface area contributed by atoms with Crippen molar-refractivity contribution >= 4 is 11.6 Å². The lowest BCUT2D eigenvalue weighted by Crippen LogP contribution is -2.25. The summed E-state index contributed by atoms with van der Waals surface area (Å²) in [6.45, 7) is 13.3. The van der Waals surface area contributed by atoms with E-state index in [1.165, 1.54) is 11.1 Å². The van der Waals surface area contributed by atoms with Gasteiger partial charge in [0, 0.05) is 11.3 Å². The Morgan fingerprint density at radius 3 is 2.16 bits per heavy atom. The predicted molar refractivity (Wildman–Crippen MR) is 132 cm³/mol. The van der Waals surface area contributed by atoms with E-state index in [1.807, 2.05) is 19.1 Å². The Labute approximate surface area is 191 Å². The molecule has 1 heterocycles. The molecule has 0 aromatic heterocycles. The van der Waals surface area contributed by atoms with Gasteiger partial charge in [0.05, 0.1) is 5.92 Å². The monoisotopic (exact) mass is 427 g/mol. The fraction of sp³-hybridized carbons (Fsp3) is 0.345. The number of carbonyl (C=O) groups is 1. The minimum Gasteiger partial charge on any atom is -0.488 e. The molecule has 0 aliphatic carbocycles. The lowest BCUT2D eigenvalue weighted by atomic mass is 9.84. The topological polar surface area (TPSA) is 38.3 Å². The van der Waals surface area contributed by atoms with Crippen LogP contribution in [0.1, 0.15) is 84.4 Å². The van der Waals surface area contributed by atoms with Crippen molar-refractivity contribution in [1.29, 1.82) is 0 Å². The molecule has 3 heteroatoms. The van der Waals surface area contributed by atoms with Gasteiger partial charge in [-0.15, -0.1) is 0 Å². The number of rotatable bonds is 4. The van der Waals surface area contributed by atoms with Gasteiger partial charge in [0.1, 0.15) is 12.4 Å². The molecule has 3 aromatic rings. The van der Waals surface area contributed by atoms with Crippen molar-refractivity contribution in [2.75, 3.05) is 5.32 Å². The van der Waals surface area contributed by atoms with Crippen molar-refractivity contribution in [3.63, 3.8) is 0 Å². The number of aryl methyl sites for hydroxylation is 2. The maximum Gasteiger partial charge on any atom is 0.236 e.